The van der Waals surface area contributed by atoms with E-state index in [0.29, 0.717) is 5.52 Å². The maximum atomic E-state index is 12.2. The molecule has 220 valence electrons. The summed E-state index contributed by atoms with van der Waals surface area (Å²) in [6, 6.07) is 0. The van der Waals surface area contributed by atoms with Crippen molar-refractivity contribution in [3.05, 3.63) is 29.3 Å². The molecule has 9 N–H and O–H groups in total. The van der Waals surface area contributed by atoms with Gasteiger partial charge in [-0.1, -0.05) is 0 Å². The highest BCUT2D eigenvalue weighted by molar-refractivity contribution is 8.07. The number of aromatic nitrogens is 8. The minimum Gasteiger partial charge on any atom is -0.394 e. The Morgan fingerprint density at radius 2 is 1.80 bits per heavy atom. The molecule has 6 heterocycles. The zero-order valence-electron chi connectivity index (χ0n) is 20.9. The molecule has 6 rings (SSSR count). The average molecular weight is 613 g/mol. The number of H-pyrrole nitrogens is 1. The minimum atomic E-state index is -4.03. The average Bonchev–Trinajstić information content (AvgIpc) is 3.69. The fourth-order valence-corrected chi connectivity index (χ4v) is 6.27. The smallest absolute Gasteiger partial charge is 0.325 e. The molecule has 0 saturated carbocycles. The molecule has 19 nitrogen and oxygen atoms in total. The summed E-state index contributed by atoms with van der Waals surface area (Å²) in [6.45, 7) is -4.84. The van der Waals surface area contributed by atoms with Gasteiger partial charge in [0.2, 0.25) is 5.95 Å². The standard InChI is InChI=1S/C20H25N10O9PS/c21-14-10-15(24-4-23-14)29(5-25-10)19-13(33)12(32)9(38-19)3-36-40(35,41)39-8-1-7(2-31)37-18(8)30-6-26-11-16(30)27-20(22)28-17(11)34/h4-9,12-13,18-19,31-33H,1-3H2,(H,35,41)(H2,21,23,24)(H3,22,27,28,34)/t7-,8?,9+,12?,13?,18+,19+,40?/m0/s1. The Hall–Kier alpha value is -3.17. The second-order valence-corrected chi connectivity index (χ2v) is 12.2. The Morgan fingerprint density at radius 1 is 1.07 bits per heavy atom. The molecular formula is C20H25N10O9PS. The van der Waals surface area contributed by atoms with Gasteiger partial charge in [-0.3, -0.25) is 18.9 Å². The lowest BCUT2D eigenvalue weighted by Crippen LogP contribution is -2.33. The SMILES string of the molecule is Nc1nc2c(ncn2[C@@H]2O[C@H](CO)CC2OP(O)(=S)OC[C@H]2O[C@@H](n3cnc4c(N)ncnc43)C(O)C2O)c(=O)[nH]1. The largest absolute Gasteiger partial charge is 0.394 e. The molecule has 0 aliphatic carbocycles. The van der Waals surface area contributed by atoms with Crippen LogP contribution in [0, 0.1) is 0 Å². The van der Waals surface area contributed by atoms with Crippen molar-refractivity contribution in [2.75, 3.05) is 24.7 Å². The molecule has 0 aromatic carbocycles. The zero-order chi connectivity index (χ0) is 29.1. The summed E-state index contributed by atoms with van der Waals surface area (Å²) >= 11 is 5.21. The van der Waals surface area contributed by atoms with Crippen LogP contribution in [0.5, 0.6) is 0 Å². The third kappa shape index (κ3) is 5.07. The van der Waals surface area contributed by atoms with Gasteiger partial charge in [-0.15, -0.1) is 0 Å². The van der Waals surface area contributed by atoms with E-state index in [1.54, 1.807) is 0 Å². The number of fused-ring (bicyclic) bond motifs is 2. The molecule has 21 heteroatoms. The fourth-order valence-electron chi connectivity index (χ4n) is 4.82. The Kier molecular flexibility index (Phi) is 7.22. The molecule has 4 aromatic rings. The predicted molar refractivity (Wildman–Crippen MR) is 141 cm³/mol. The normalized spacial score (nSPS) is 29.9. The van der Waals surface area contributed by atoms with Crippen LogP contribution in [0.15, 0.2) is 23.8 Å². The van der Waals surface area contributed by atoms with E-state index in [9.17, 15) is 25.0 Å². The van der Waals surface area contributed by atoms with Crippen LogP contribution in [0.25, 0.3) is 22.3 Å². The number of ether oxygens (including phenoxy) is 2. The summed E-state index contributed by atoms with van der Waals surface area (Å²) in [7, 11) is 0. The molecule has 41 heavy (non-hydrogen) atoms. The van der Waals surface area contributed by atoms with Crippen LogP contribution < -0.4 is 17.0 Å². The molecule has 2 saturated heterocycles. The van der Waals surface area contributed by atoms with E-state index in [1.807, 2.05) is 0 Å². The summed E-state index contributed by atoms with van der Waals surface area (Å²) in [6.07, 6.45) is -3.78. The van der Waals surface area contributed by atoms with Crippen molar-refractivity contribution in [1.82, 2.24) is 39.0 Å². The van der Waals surface area contributed by atoms with Crippen LogP contribution >= 0.6 is 6.72 Å². The molecule has 0 spiro atoms. The van der Waals surface area contributed by atoms with Crippen LogP contribution in [0.3, 0.4) is 0 Å². The Balaban J connectivity index is 1.16. The van der Waals surface area contributed by atoms with E-state index >= 15 is 0 Å². The lowest BCUT2D eigenvalue weighted by atomic mass is 10.1. The first kappa shape index (κ1) is 28.0. The Bertz CT molecular complexity index is 1700. The first-order valence-electron chi connectivity index (χ1n) is 12.1. The molecule has 2 fully saturated rings. The lowest BCUT2D eigenvalue weighted by Gasteiger charge is -2.25. The number of imidazole rings is 2. The quantitative estimate of drug-likeness (QED) is 0.102. The van der Waals surface area contributed by atoms with Gasteiger partial charge in [0.25, 0.3) is 5.56 Å². The van der Waals surface area contributed by atoms with Gasteiger partial charge in [-0.25, -0.2) is 19.9 Å². The third-order valence-corrected chi connectivity index (χ3v) is 8.33. The molecule has 0 amide bonds. The Morgan fingerprint density at radius 3 is 2.56 bits per heavy atom. The van der Waals surface area contributed by atoms with Gasteiger partial charge < -0.3 is 50.2 Å². The van der Waals surface area contributed by atoms with Gasteiger partial charge in [0.15, 0.2) is 35.1 Å². The number of aromatic amines is 1. The highest BCUT2D eigenvalue weighted by atomic mass is 32.5. The van der Waals surface area contributed by atoms with Gasteiger partial charge in [-0.05, 0) is 11.8 Å². The second kappa shape index (κ2) is 10.6. The summed E-state index contributed by atoms with van der Waals surface area (Å²) in [5.74, 6) is -0.0172. The van der Waals surface area contributed by atoms with E-state index < -0.39 is 61.9 Å². The molecule has 2 aliphatic heterocycles. The number of hydrogen-bond acceptors (Lipinski definition) is 16. The van der Waals surface area contributed by atoms with E-state index in [0.717, 1.165) is 0 Å². The molecule has 4 unspecified atom stereocenters. The highest BCUT2D eigenvalue weighted by Crippen LogP contribution is 2.50. The van der Waals surface area contributed by atoms with Crippen molar-refractivity contribution < 1.29 is 38.7 Å². The van der Waals surface area contributed by atoms with Crippen LogP contribution in [0.1, 0.15) is 18.9 Å². The van der Waals surface area contributed by atoms with Crippen molar-refractivity contribution in [2.24, 2.45) is 0 Å². The third-order valence-electron chi connectivity index (χ3n) is 6.74. The number of anilines is 2. The van der Waals surface area contributed by atoms with Crippen molar-refractivity contribution in [2.45, 2.75) is 49.4 Å². The second-order valence-electron chi connectivity index (χ2n) is 9.38. The number of aliphatic hydroxyl groups excluding tert-OH is 3. The monoisotopic (exact) mass is 612 g/mol. The van der Waals surface area contributed by atoms with Gasteiger partial charge in [-0.2, -0.15) is 4.98 Å². The van der Waals surface area contributed by atoms with E-state index in [2.05, 4.69) is 29.9 Å². The maximum absolute atomic E-state index is 12.2. The number of nitrogen functional groups attached to an aromatic ring is 2. The van der Waals surface area contributed by atoms with E-state index in [4.69, 9.17) is 41.8 Å². The molecule has 0 radical (unpaired) electrons. The van der Waals surface area contributed by atoms with Gasteiger partial charge in [0.1, 0.15) is 36.3 Å². The summed E-state index contributed by atoms with van der Waals surface area (Å²) < 4.78 is 25.7. The topological polar surface area (TPSA) is 277 Å². The first-order chi connectivity index (χ1) is 19.6. The number of aliphatic hydroxyl groups is 3. The zero-order valence-corrected chi connectivity index (χ0v) is 22.6. The van der Waals surface area contributed by atoms with Gasteiger partial charge in [0.05, 0.1) is 32.0 Å². The first-order valence-corrected chi connectivity index (χ1v) is 14.7. The number of nitrogens with zero attached hydrogens (tertiary/aromatic N) is 7. The van der Waals surface area contributed by atoms with Crippen LogP contribution in [0.2, 0.25) is 0 Å². The van der Waals surface area contributed by atoms with Crippen molar-refractivity contribution in [3.63, 3.8) is 0 Å². The number of hydrogen-bond donors (Lipinski definition) is 7. The molecule has 4 aromatic heterocycles. The maximum Gasteiger partial charge on any atom is 0.325 e. The van der Waals surface area contributed by atoms with E-state index in [1.165, 1.54) is 28.1 Å². The number of rotatable bonds is 8. The van der Waals surface area contributed by atoms with Crippen molar-refractivity contribution in [1.29, 1.82) is 0 Å². The summed E-state index contributed by atoms with van der Waals surface area (Å²) in [5, 5.41) is 31.0. The van der Waals surface area contributed by atoms with Crippen LogP contribution in [-0.4, -0.2) is 103 Å². The summed E-state index contributed by atoms with van der Waals surface area (Å²) in [5.41, 5.74) is 11.6. The molecule has 8 atom stereocenters. The fraction of sp³-hybridized carbons (Fsp3) is 0.500. The van der Waals surface area contributed by atoms with Gasteiger partial charge >= 0.3 is 6.72 Å². The molecular weight excluding hydrogens is 587 g/mol. The Labute approximate surface area is 233 Å². The highest BCUT2D eigenvalue weighted by Gasteiger charge is 2.46. The minimum absolute atomic E-state index is 0.00557. The van der Waals surface area contributed by atoms with Crippen LogP contribution in [-0.2, 0) is 30.3 Å². The lowest BCUT2D eigenvalue weighted by molar-refractivity contribution is -0.0571. The summed E-state index contributed by atoms with van der Waals surface area (Å²) in [4.78, 5) is 45.7. The van der Waals surface area contributed by atoms with Crippen LogP contribution in [0.4, 0.5) is 11.8 Å². The molecule has 2 aliphatic rings. The number of nitrogens with two attached hydrogens (primary N) is 2. The van der Waals surface area contributed by atoms with E-state index in [-0.39, 0.29) is 41.6 Å². The number of nitrogens with one attached hydrogen (secondary N) is 1. The van der Waals surface area contributed by atoms with Crippen molar-refractivity contribution >= 4 is 52.6 Å². The molecule has 0 bridgehead atoms. The van der Waals surface area contributed by atoms with Crippen molar-refractivity contribution in [3.8, 4) is 0 Å². The predicted octanol–water partition coefficient (Wildman–Crippen LogP) is -2.36. The van der Waals surface area contributed by atoms with Gasteiger partial charge in [0, 0.05) is 6.42 Å².